The molecule has 0 amide bonds. The van der Waals surface area contributed by atoms with Gasteiger partial charge < -0.3 is 14.2 Å². The Bertz CT molecular complexity index is 1200. The Morgan fingerprint density at radius 2 is 1.32 bits per heavy atom. The maximum Gasteiger partial charge on any atom is 0.312 e. The molecule has 0 N–H and O–H groups in total. The van der Waals surface area contributed by atoms with Crippen molar-refractivity contribution < 1.29 is 23.8 Å². The minimum Gasteiger partial charge on any atom is -0.461 e. The molecule has 0 unspecified atom stereocenters. The van der Waals surface area contributed by atoms with Crippen LogP contribution in [0.3, 0.4) is 0 Å². The number of ketones is 1. The van der Waals surface area contributed by atoms with Gasteiger partial charge >= 0.3 is 5.97 Å². The second kappa shape index (κ2) is 13.4. The Kier molecular flexibility index (Phi) is 9.43. The summed E-state index contributed by atoms with van der Waals surface area (Å²) in [5, 5.41) is 3.89. The van der Waals surface area contributed by atoms with Gasteiger partial charge in [0.15, 0.2) is 5.78 Å². The first-order valence-corrected chi connectivity index (χ1v) is 12.2. The molecule has 3 aromatic carbocycles. The molecule has 1 saturated carbocycles. The van der Waals surface area contributed by atoms with E-state index in [1.807, 2.05) is 91.0 Å². The molecule has 4 rings (SSSR count). The van der Waals surface area contributed by atoms with Crippen molar-refractivity contribution in [1.29, 1.82) is 0 Å². The molecule has 0 aliphatic heterocycles. The zero-order valence-corrected chi connectivity index (χ0v) is 20.4. The number of rotatable bonds is 10. The lowest BCUT2D eigenvalue weighted by molar-refractivity contribution is -0.168. The van der Waals surface area contributed by atoms with Gasteiger partial charge in [-0.3, -0.25) is 9.59 Å². The quantitative estimate of drug-likeness (QED) is 0.119. The number of carbonyl (C=O) groups is 2. The lowest BCUT2D eigenvalue weighted by atomic mass is 9.91. The number of Topliss-reactive ketones (excluding diaryl/α,β-unsaturated/α-hetero) is 1. The first kappa shape index (κ1) is 26.1. The van der Waals surface area contributed by atoms with Crippen molar-refractivity contribution in [3.05, 3.63) is 118 Å². The van der Waals surface area contributed by atoms with Crippen LogP contribution in [0, 0.1) is 5.92 Å². The minimum absolute atomic E-state index is 0.0497. The SMILES string of the molecule is [N-]=[N+]=N[C@@H]1CCC(=O)[C@@H](OCc2ccccc2)[C@H](OCc2ccccc2)[C@H]1C(=O)OCc1ccccc1. The Balaban J connectivity index is 1.62. The van der Waals surface area contributed by atoms with Crippen LogP contribution in [-0.2, 0) is 43.6 Å². The van der Waals surface area contributed by atoms with Crippen LogP contribution < -0.4 is 0 Å². The summed E-state index contributed by atoms with van der Waals surface area (Å²) < 4.78 is 18.0. The highest BCUT2D eigenvalue weighted by Crippen LogP contribution is 2.32. The predicted octanol–water partition coefficient (Wildman–Crippen LogP) is 5.56. The van der Waals surface area contributed by atoms with Crippen molar-refractivity contribution in [3.8, 4) is 0 Å². The summed E-state index contributed by atoms with van der Waals surface area (Å²) in [6.45, 7) is 0.365. The zero-order valence-electron chi connectivity index (χ0n) is 20.4. The highest BCUT2D eigenvalue weighted by Gasteiger charge is 2.47. The molecule has 1 aliphatic rings. The van der Waals surface area contributed by atoms with E-state index in [0.717, 1.165) is 16.7 Å². The van der Waals surface area contributed by atoms with Gasteiger partial charge in [-0.1, -0.05) is 96.1 Å². The Labute approximate surface area is 215 Å². The highest BCUT2D eigenvalue weighted by atomic mass is 16.6. The maximum absolute atomic E-state index is 13.5. The molecule has 0 radical (unpaired) electrons. The molecule has 8 nitrogen and oxygen atoms in total. The zero-order chi connectivity index (χ0) is 25.9. The smallest absolute Gasteiger partial charge is 0.312 e. The molecular formula is C29H29N3O5. The summed E-state index contributed by atoms with van der Waals surface area (Å²) in [6.07, 6.45) is -1.74. The Hall–Kier alpha value is -3.97. The summed E-state index contributed by atoms with van der Waals surface area (Å²) in [5.74, 6) is -1.82. The normalized spacial score (nSPS) is 21.5. The monoisotopic (exact) mass is 499 g/mol. The van der Waals surface area contributed by atoms with E-state index < -0.39 is 30.1 Å². The fraction of sp³-hybridized carbons (Fsp3) is 0.310. The van der Waals surface area contributed by atoms with Gasteiger partial charge in [-0.25, -0.2) is 0 Å². The molecule has 0 saturated heterocycles. The molecule has 8 heteroatoms. The van der Waals surface area contributed by atoms with Crippen molar-refractivity contribution in [1.82, 2.24) is 0 Å². The molecule has 3 aromatic rings. The predicted molar refractivity (Wildman–Crippen MR) is 137 cm³/mol. The summed E-state index contributed by atoms with van der Waals surface area (Å²) in [4.78, 5) is 29.7. The van der Waals surface area contributed by atoms with Crippen molar-refractivity contribution in [2.24, 2.45) is 11.0 Å². The van der Waals surface area contributed by atoms with E-state index in [4.69, 9.17) is 14.2 Å². The van der Waals surface area contributed by atoms with Crippen molar-refractivity contribution in [2.75, 3.05) is 0 Å². The van der Waals surface area contributed by atoms with Crippen molar-refractivity contribution >= 4 is 11.8 Å². The molecule has 190 valence electrons. The van der Waals surface area contributed by atoms with Crippen LogP contribution in [0.4, 0.5) is 0 Å². The largest absolute Gasteiger partial charge is 0.461 e. The number of nitrogens with zero attached hydrogens (tertiary/aromatic N) is 3. The van der Waals surface area contributed by atoms with Crippen LogP contribution in [0.1, 0.15) is 29.5 Å². The van der Waals surface area contributed by atoms with Gasteiger partial charge in [0.2, 0.25) is 0 Å². The van der Waals surface area contributed by atoms with Crippen molar-refractivity contribution in [3.63, 3.8) is 0 Å². The third-order valence-electron chi connectivity index (χ3n) is 6.32. The van der Waals surface area contributed by atoms with Gasteiger partial charge in [0, 0.05) is 11.3 Å². The number of hydrogen-bond acceptors (Lipinski definition) is 6. The Morgan fingerprint density at radius 1 is 0.811 bits per heavy atom. The lowest BCUT2D eigenvalue weighted by Gasteiger charge is -2.32. The average molecular weight is 500 g/mol. The molecule has 0 bridgehead atoms. The van der Waals surface area contributed by atoms with Gasteiger partial charge in [0.1, 0.15) is 18.8 Å². The van der Waals surface area contributed by atoms with E-state index in [1.165, 1.54) is 0 Å². The fourth-order valence-electron chi connectivity index (χ4n) is 4.42. The first-order valence-electron chi connectivity index (χ1n) is 12.2. The third-order valence-corrected chi connectivity index (χ3v) is 6.32. The molecule has 0 heterocycles. The summed E-state index contributed by atoms with van der Waals surface area (Å²) in [5.41, 5.74) is 11.8. The Morgan fingerprint density at radius 3 is 1.86 bits per heavy atom. The summed E-state index contributed by atoms with van der Waals surface area (Å²) in [7, 11) is 0. The fourth-order valence-corrected chi connectivity index (χ4v) is 4.42. The van der Waals surface area contributed by atoms with Gasteiger partial charge in [-0.05, 0) is 28.6 Å². The standard InChI is InChI=1S/C29H29N3O5/c30-32-31-24-16-17-25(33)27(35-18-21-10-4-1-5-11-21)28(36-19-22-12-6-2-7-13-22)26(24)29(34)37-20-23-14-8-3-9-15-23/h1-15,24,26-28H,16-20H2/t24-,26+,27-,28-/m1/s1. The van der Waals surface area contributed by atoms with Gasteiger partial charge in [-0.2, -0.15) is 0 Å². The second-order valence-electron chi connectivity index (χ2n) is 8.87. The number of ether oxygens (including phenoxy) is 3. The van der Waals surface area contributed by atoms with Crippen LogP contribution in [0.15, 0.2) is 96.1 Å². The second-order valence-corrected chi connectivity index (χ2v) is 8.87. The van der Waals surface area contributed by atoms with E-state index in [1.54, 1.807) is 0 Å². The molecule has 1 aliphatic carbocycles. The minimum atomic E-state index is -1.03. The number of hydrogen-bond donors (Lipinski definition) is 0. The van der Waals surface area contributed by atoms with E-state index in [-0.39, 0.29) is 38.4 Å². The van der Waals surface area contributed by atoms with E-state index in [0.29, 0.717) is 0 Å². The molecular weight excluding hydrogens is 470 g/mol. The van der Waals surface area contributed by atoms with Crippen LogP contribution in [-0.4, -0.2) is 30.0 Å². The van der Waals surface area contributed by atoms with E-state index in [9.17, 15) is 15.1 Å². The third kappa shape index (κ3) is 7.27. The molecule has 37 heavy (non-hydrogen) atoms. The van der Waals surface area contributed by atoms with Gasteiger partial charge in [0.05, 0.1) is 25.2 Å². The van der Waals surface area contributed by atoms with E-state index in [2.05, 4.69) is 10.0 Å². The van der Waals surface area contributed by atoms with Gasteiger partial charge in [-0.15, -0.1) is 0 Å². The van der Waals surface area contributed by atoms with E-state index >= 15 is 0 Å². The first-order chi connectivity index (χ1) is 18.2. The molecule has 4 atom stereocenters. The molecule has 0 aromatic heterocycles. The van der Waals surface area contributed by atoms with Crippen LogP contribution in [0.2, 0.25) is 0 Å². The number of esters is 1. The number of benzene rings is 3. The number of carbonyl (C=O) groups excluding carboxylic acids is 2. The summed E-state index contributed by atoms with van der Waals surface area (Å²) >= 11 is 0. The topological polar surface area (TPSA) is 111 Å². The molecule has 0 spiro atoms. The number of azide groups is 1. The van der Waals surface area contributed by atoms with Crippen LogP contribution in [0.25, 0.3) is 10.4 Å². The molecule has 1 fully saturated rings. The van der Waals surface area contributed by atoms with Crippen molar-refractivity contribution in [2.45, 2.75) is 50.9 Å². The summed E-state index contributed by atoms with van der Waals surface area (Å²) in [6, 6.07) is 27.4. The highest BCUT2D eigenvalue weighted by molar-refractivity contribution is 5.86. The maximum atomic E-state index is 13.5. The average Bonchev–Trinajstić information content (AvgIpc) is 3.07. The van der Waals surface area contributed by atoms with Gasteiger partial charge in [0.25, 0.3) is 0 Å². The van der Waals surface area contributed by atoms with Crippen LogP contribution in [0.5, 0.6) is 0 Å². The lowest BCUT2D eigenvalue weighted by Crippen LogP contribution is -2.47. The van der Waals surface area contributed by atoms with Crippen LogP contribution >= 0.6 is 0 Å².